The predicted octanol–water partition coefficient (Wildman–Crippen LogP) is 4.70. The van der Waals surface area contributed by atoms with Gasteiger partial charge in [0.05, 0.1) is 0 Å². The number of anilines is 2. The number of aromatic nitrogens is 2. The van der Waals surface area contributed by atoms with Crippen LogP contribution in [0.25, 0.3) is 0 Å². The van der Waals surface area contributed by atoms with E-state index < -0.39 is 0 Å². The first kappa shape index (κ1) is 20.4. The van der Waals surface area contributed by atoms with E-state index in [1.165, 1.54) is 70.8 Å². The summed E-state index contributed by atoms with van der Waals surface area (Å²) in [6.07, 6.45) is 15.0. The van der Waals surface area contributed by atoms with Crippen molar-refractivity contribution in [3.8, 4) is 0 Å². The molecule has 27 heavy (non-hydrogen) atoms. The summed E-state index contributed by atoms with van der Waals surface area (Å²) < 4.78 is 0. The lowest BCUT2D eigenvalue weighted by molar-refractivity contribution is 0.218. The second-order valence-corrected chi connectivity index (χ2v) is 8.32. The molecule has 2 fully saturated rings. The highest BCUT2D eigenvalue weighted by Crippen LogP contribution is 2.22. The van der Waals surface area contributed by atoms with Crippen molar-refractivity contribution in [3.63, 3.8) is 0 Å². The smallest absolute Gasteiger partial charge is 0.224 e. The molecule has 1 aromatic rings. The molecule has 0 saturated carbocycles. The maximum Gasteiger partial charge on any atom is 0.224 e. The van der Waals surface area contributed by atoms with E-state index in [2.05, 4.69) is 40.0 Å². The summed E-state index contributed by atoms with van der Waals surface area (Å²) in [7, 11) is 0. The van der Waals surface area contributed by atoms with E-state index in [0.29, 0.717) is 6.04 Å². The second kappa shape index (κ2) is 10.8. The van der Waals surface area contributed by atoms with Crippen molar-refractivity contribution in [2.75, 3.05) is 36.4 Å². The van der Waals surface area contributed by atoms with Gasteiger partial charge in [0.25, 0.3) is 0 Å². The number of nitrogens with one attached hydrogen (secondary N) is 1. The lowest BCUT2D eigenvalue weighted by Gasteiger charge is -2.27. The number of nitrogens with zero attached hydrogens (tertiary/aromatic N) is 4. The van der Waals surface area contributed by atoms with Crippen LogP contribution in [0, 0.1) is 0 Å². The fourth-order valence-corrected chi connectivity index (χ4v) is 4.59. The van der Waals surface area contributed by atoms with Crippen LogP contribution in [0.3, 0.4) is 0 Å². The van der Waals surface area contributed by atoms with Crippen LogP contribution in [-0.2, 0) is 0 Å². The van der Waals surface area contributed by atoms with E-state index in [0.717, 1.165) is 37.4 Å². The molecule has 1 N–H and O–H groups in total. The minimum absolute atomic E-state index is 0.476. The van der Waals surface area contributed by atoms with E-state index in [-0.39, 0.29) is 0 Å². The number of unbranched alkanes of at least 4 members (excludes halogenated alkanes) is 2. The first-order chi connectivity index (χ1) is 13.3. The van der Waals surface area contributed by atoms with Crippen LogP contribution in [0.4, 0.5) is 11.8 Å². The molecule has 2 aliphatic heterocycles. The van der Waals surface area contributed by atoms with Gasteiger partial charge in [0, 0.05) is 44.5 Å². The van der Waals surface area contributed by atoms with E-state index >= 15 is 0 Å². The van der Waals surface area contributed by atoms with Gasteiger partial charge in [-0.1, -0.05) is 46.0 Å². The molecule has 5 nitrogen and oxygen atoms in total. The topological polar surface area (TPSA) is 44.3 Å². The Balaban J connectivity index is 1.52. The molecule has 5 heteroatoms. The molecule has 0 amide bonds. The summed E-state index contributed by atoms with van der Waals surface area (Å²) in [5.74, 6) is 1.90. The van der Waals surface area contributed by atoms with Gasteiger partial charge < -0.3 is 10.2 Å². The number of hydrogen-bond acceptors (Lipinski definition) is 5. The van der Waals surface area contributed by atoms with Gasteiger partial charge in [0.15, 0.2) is 0 Å². The third-order valence-corrected chi connectivity index (χ3v) is 6.25. The standard InChI is InChI=1S/C22H39N5/c1-3-5-8-11-20(4-2)27-17-13-19(18-27)24-22-23-14-12-21(25-22)26-15-9-6-7-10-16-26/h12,14,19-20H,3-11,13,15-18H2,1-2H3,(H,23,24,25). The fraction of sp³-hybridized carbons (Fsp3) is 0.818. The Morgan fingerprint density at radius 2 is 1.93 bits per heavy atom. The highest BCUT2D eigenvalue weighted by molar-refractivity contribution is 5.43. The average Bonchev–Trinajstić information content (AvgIpc) is 2.97. The van der Waals surface area contributed by atoms with Gasteiger partial charge in [-0.25, -0.2) is 4.98 Å². The monoisotopic (exact) mass is 373 g/mol. The quantitative estimate of drug-likeness (QED) is 0.636. The molecule has 152 valence electrons. The lowest BCUT2D eigenvalue weighted by atomic mass is 10.1. The van der Waals surface area contributed by atoms with Crippen molar-refractivity contribution < 1.29 is 0 Å². The van der Waals surface area contributed by atoms with E-state index in [1.54, 1.807) is 0 Å². The molecule has 1 aromatic heterocycles. The predicted molar refractivity (Wildman–Crippen MR) is 115 cm³/mol. The SMILES string of the molecule is CCCCCC(CC)N1CCC(Nc2nccc(N3CCCCCC3)n2)C1. The van der Waals surface area contributed by atoms with Gasteiger partial charge in [-0.15, -0.1) is 0 Å². The molecule has 0 bridgehead atoms. The van der Waals surface area contributed by atoms with E-state index in [4.69, 9.17) is 4.98 Å². The molecule has 0 spiro atoms. The van der Waals surface area contributed by atoms with Crippen molar-refractivity contribution >= 4 is 11.8 Å². The van der Waals surface area contributed by atoms with Gasteiger partial charge in [0.2, 0.25) is 5.95 Å². The van der Waals surface area contributed by atoms with Crippen LogP contribution < -0.4 is 10.2 Å². The third-order valence-electron chi connectivity index (χ3n) is 6.25. The van der Waals surface area contributed by atoms with Gasteiger partial charge in [-0.2, -0.15) is 4.98 Å². The molecular formula is C22H39N5. The van der Waals surface area contributed by atoms with Crippen LogP contribution >= 0.6 is 0 Å². The van der Waals surface area contributed by atoms with Gasteiger partial charge in [-0.3, -0.25) is 4.90 Å². The average molecular weight is 374 g/mol. The Morgan fingerprint density at radius 3 is 2.67 bits per heavy atom. The summed E-state index contributed by atoms with van der Waals surface area (Å²) in [5, 5.41) is 3.62. The summed E-state index contributed by atoms with van der Waals surface area (Å²) >= 11 is 0. The van der Waals surface area contributed by atoms with E-state index in [9.17, 15) is 0 Å². The van der Waals surface area contributed by atoms with Crippen LogP contribution in [0.2, 0.25) is 0 Å². The zero-order valence-corrected chi connectivity index (χ0v) is 17.5. The molecule has 0 aliphatic carbocycles. The third kappa shape index (κ3) is 6.06. The molecule has 0 aromatic carbocycles. The number of rotatable bonds is 9. The Labute approximate surface area is 165 Å². The molecule has 2 aliphatic rings. The molecule has 0 radical (unpaired) electrons. The molecular weight excluding hydrogens is 334 g/mol. The summed E-state index contributed by atoms with van der Waals surface area (Å²) in [5.41, 5.74) is 0. The van der Waals surface area contributed by atoms with Gasteiger partial charge in [0.1, 0.15) is 5.82 Å². The summed E-state index contributed by atoms with van der Waals surface area (Å²) in [6.45, 7) is 9.21. The lowest BCUT2D eigenvalue weighted by Crippen LogP contribution is -2.35. The highest BCUT2D eigenvalue weighted by atomic mass is 15.3. The Kier molecular flexibility index (Phi) is 8.18. The Morgan fingerprint density at radius 1 is 1.11 bits per heavy atom. The van der Waals surface area contributed by atoms with Crippen LogP contribution in [-0.4, -0.2) is 53.1 Å². The molecule has 2 unspecified atom stereocenters. The molecule has 3 rings (SSSR count). The molecule has 3 heterocycles. The number of likely N-dealkylation sites (tertiary alicyclic amines) is 1. The first-order valence-electron chi connectivity index (χ1n) is 11.4. The van der Waals surface area contributed by atoms with Crippen molar-refractivity contribution in [1.82, 2.24) is 14.9 Å². The van der Waals surface area contributed by atoms with Crippen molar-refractivity contribution in [2.24, 2.45) is 0 Å². The first-order valence-corrected chi connectivity index (χ1v) is 11.4. The maximum absolute atomic E-state index is 4.84. The number of hydrogen-bond donors (Lipinski definition) is 1. The summed E-state index contributed by atoms with van der Waals surface area (Å²) in [4.78, 5) is 14.5. The Hall–Kier alpha value is -1.36. The van der Waals surface area contributed by atoms with Crippen molar-refractivity contribution in [3.05, 3.63) is 12.3 Å². The van der Waals surface area contributed by atoms with Crippen LogP contribution in [0.1, 0.15) is 78.1 Å². The Bertz CT molecular complexity index is 541. The zero-order valence-electron chi connectivity index (χ0n) is 17.5. The normalized spacial score (nSPS) is 22.6. The molecule has 2 saturated heterocycles. The van der Waals surface area contributed by atoms with Gasteiger partial charge >= 0.3 is 0 Å². The second-order valence-electron chi connectivity index (χ2n) is 8.32. The highest BCUT2D eigenvalue weighted by Gasteiger charge is 2.27. The zero-order chi connectivity index (χ0) is 18.9. The molecule has 2 atom stereocenters. The summed E-state index contributed by atoms with van der Waals surface area (Å²) in [6, 6.07) is 3.29. The van der Waals surface area contributed by atoms with Crippen molar-refractivity contribution in [1.29, 1.82) is 0 Å². The van der Waals surface area contributed by atoms with Crippen LogP contribution in [0.15, 0.2) is 12.3 Å². The van der Waals surface area contributed by atoms with E-state index in [1.807, 2.05) is 6.20 Å². The van der Waals surface area contributed by atoms with Crippen molar-refractivity contribution in [2.45, 2.75) is 90.1 Å². The minimum atomic E-state index is 0.476. The largest absolute Gasteiger partial charge is 0.356 e. The fourth-order valence-electron chi connectivity index (χ4n) is 4.59. The van der Waals surface area contributed by atoms with Gasteiger partial charge in [-0.05, 0) is 38.2 Å². The maximum atomic E-state index is 4.84. The minimum Gasteiger partial charge on any atom is -0.356 e. The van der Waals surface area contributed by atoms with Crippen LogP contribution in [0.5, 0.6) is 0 Å².